The summed E-state index contributed by atoms with van der Waals surface area (Å²) in [5.41, 5.74) is 2.85. The summed E-state index contributed by atoms with van der Waals surface area (Å²) in [6.07, 6.45) is -1.50. The summed E-state index contributed by atoms with van der Waals surface area (Å²) < 4.78 is 35.7. The van der Waals surface area contributed by atoms with Crippen LogP contribution in [0.3, 0.4) is 0 Å². The summed E-state index contributed by atoms with van der Waals surface area (Å²) in [5.74, 6) is 1.98. The molecule has 49 heavy (non-hydrogen) atoms. The zero-order valence-corrected chi connectivity index (χ0v) is 28.5. The molecule has 1 aliphatic rings. The van der Waals surface area contributed by atoms with Gasteiger partial charge in [0.05, 0.1) is 78.7 Å². The quantitative estimate of drug-likeness (QED) is 0.119. The summed E-state index contributed by atoms with van der Waals surface area (Å²) in [7, 11) is 3.30. The van der Waals surface area contributed by atoms with Gasteiger partial charge >= 0.3 is 6.09 Å². The van der Waals surface area contributed by atoms with Crippen LogP contribution in [-0.2, 0) is 27.4 Å². The van der Waals surface area contributed by atoms with Crippen LogP contribution >= 0.6 is 0 Å². The van der Waals surface area contributed by atoms with Gasteiger partial charge in [0.2, 0.25) is 0 Å². The number of methoxy groups -OCH3 is 2. The number of aliphatic hydroxyl groups is 1. The fraction of sp³-hybridized carbons (Fsp3) is 0.410. The molecule has 10 heteroatoms. The molecule has 4 atom stereocenters. The lowest BCUT2D eigenvalue weighted by Gasteiger charge is -2.43. The molecule has 0 spiro atoms. The maximum atomic E-state index is 12.2. The first-order chi connectivity index (χ1) is 23.9. The first kappa shape index (κ1) is 35.9. The number of para-hydroxylation sites is 1. The Kier molecular flexibility index (Phi) is 13.1. The minimum atomic E-state index is -1.04. The van der Waals surface area contributed by atoms with Crippen LogP contribution in [0.25, 0.3) is 10.8 Å². The highest BCUT2D eigenvalue weighted by atomic mass is 16.5. The van der Waals surface area contributed by atoms with Crippen molar-refractivity contribution in [3.8, 4) is 17.2 Å². The van der Waals surface area contributed by atoms with Crippen LogP contribution in [0.15, 0.2) is 84.9 Å². The van der Waals surface area contributed by atoms with Gasteiger partial charge in [-0.3, -0.25) is 0 Å². The molecule has 1 heterocycles. The van der Waals surface area contributed by atoms with Gasteiger partial charge in [0.25, 0.3) is 0 Å². The van der Waals surface area contributed by atoms with Gasteiger partial charge in [0.15, 0.2) is 0 Å². The molecule has 5 rings (SSSR count). The molecule has 0 aliphatic carbocycles. The summed E-state index contributed by atoms with van der Waals surface area (Å²) in [6, 6.07) is 27.6. The van der Waals surface area contributed by atoms with E-state index in [0.29, 0.717) is 26.2 Å². The third-order valence-corrected chi connectivity index (χ3v) is 8.83. The van der Waals surface area contributed by atoms with Crippen LogP contribution < -0.4 is 14.2 Å². The Morgan fingerprint density at radius 2 is 1.57 bits per heavy atom. The van der Waals surface area contributed by atoms with Gasteiger partial charge in [-0.15, -0.1) is 0 Å². The molecule has 1 fully saturated rings. The monoisotopic (exact) mass is 673 g/mol. The van der Waals surface area contributed by atoms with E-state index in [1.807, 2.05) is 85.8 Å². The van der Waals surface area contributed by atoms with E-state index < -0.39 is 24.4 Å². The number of likely N-dealkylation sites (tertiary alicyclic amines) is 1. The molecule has 0 bridgehead atoms. The first-order valence-electron chi connectivity index (χ1n) is 16.8. The van der Waals surface area contributed by atoms with Crippen LogP contribution in [0.1, 0.15) is 42.4 Å². The number of nitrogens with zero attached hydrogens (tertiary/aromatic N) is 1. The van der Waals surface area contributed by atoms with E-state index >= 15 is 0 Å². The Morgan fingerprint density at radius 1 is 0.857 bits per heavy atom. The molecule has 4 unspecified atom stereocenters. The van der Waals surface area contributed by atoms with Crippen molar-refractivity contribution in [1.29, 1.82) is 0 Å². The number of piperidine rings is 1. The highest BCUT2D eigenvalue weighted by molar-refractivity contribution is 5.89. The zero-order valence-electron chi connectivity index (χ0n) is 28.5. The average molecular weight is 674 g/mol. The number of hydrogen-bond acceptors (Lipinski definition) is 8. The van der Waals surface area contributed by atoms with Crippen LogP contribution in [0.5, 0.6) is 17.2 Å². The van der Waals surface area contributed by atoms with Crippen molar-refractivity contribution in [2.75, 3.05) is 47.1 Å². The Balaban J connectivity index is 1.27. The molecule has 4 aromatic rings. The van der Waals surface area contributed by atoms with Crippen molar-refractivity contribution in [3.05, 3.63) is 102 Å². The molecule has 10 nitrogen and oxygen atoms in total. The predicted octanol–water partition coefficient (Wildman–Crippen LogP) is 6.66. The molecule has 0 aromatic heterocycles. The largest absolute Gasteiger partial charge is 0.496 e. The average Bonchev–Trinajstić information content (AvgIpc) is 3.14. The van der Waals surface area contributed by atoms with Crippen molar-refractivity contribution in [2.45, 2.75) is 57.2 Å². The number of carbonyl (C=O) groups is 1. The molecular formula is C39H47NO9. The molecule has 0 saturated carbocycles. The predicted molar refractivity (Wildman–Crippen MR) is 187 cm³/mol. The lowest BCUT2D eigenvalue weighted by atomic mass is 9.84. The van der Waals surface area contributed by atoms with E-state index in [-0.39, 0.29) is 32.2 Å². The Bertz CT molecular complexity index is 1630. The van der Waals surface area contributed by atoms with Crippen molar-refractivity contribution >= 4 is 16.9 Å². The molecule has 1 aliphatic heterocycles. The van der Waals surface area contributed by atoms with Crippen LogP contribution in [0.2, 0.25) is 0 Å². The first-order valence-corrected chi connectivity index (χ1v) is 16.8. The van der Waals surface area contributed by atoms with E-state index in [9.17, 15) is 15.0 Å². The van der Waals surface area contributed by atoms with E-state index in [4.69, 9.17) is 28.4 Å². The molecule has 1 saturated heterocycles. The summed E-state index contributed by atoms with van der Waals surface area (Å²) in [5, 5.41) is 22.3. The SMILES string of the molecule is CCC(O)COC1CN(C(=O)O)CC(OCc2cc(OC)c3ccccc3c2)C1c1ccc(OCCCOCc2ccccc2OC)cc1. The molecule has 2 N–H and O–H groups in total. The number of amides is 1. The normalized spacial score (nSPS) is 18.3. The van der Waals surface area contributed by atoms with E-state index in [1.165, 1.54) is 4.90 Å². The third-order valence-electron chi connectivity index (χ3n) is 8.83. The van der Waals surface area contributed by atoms with Gasteiger partial charge in [-0.25, -0.2) is 4.79 Å². The second-order valence-electron chi connectivity index (χ2n) is 12.2. The maximum absolute atomic E-state index is 12.2. The van der Waals surface area contributed by atoms with Crippen molar-refractivity contribution in [2.24, 2.45) is 0 Å². The van der Waals surface area contributed by atoms with Gasteiger partial charge in [0.1, 0.15) is 17.2 Å². The molecule has 0 radical (unpaired) electrons. The molecule has 4 aromatic carbocycles. The van der Waals surface area contributed by atoms with Crippen molar-refractivity contribution < 1.29 is 43.4 Å². The number of rotatable bonds is 17. The Morgan fingerprint density at radius 3 is 2.31 bits per heavy atom. The third kappa shape index (κ3) is 9.64. The fourth-order valence-corrected chi connectivity index (χ4v) is 6.16. The second kappa shape index (κ2) is 17.9. The van der Waals surface area contributed by atoms with Gasteiger partial charge in [-0.05, 0) is 53.3 Å². The molecular weight excluding hydrogens is 626 g/mol. The Labute approximate surface area is 288 Å². The standard InChI is InChI=1S/C39H47NO9/c1-4-31(41)26-49-37-23-40(39(42)43)22-36(48-24-27-20-29-10-5-7-12-33(29)35(21-27)45-3)38(37)28-14-16-32(17-15-28)47-19-9-18-46-25-30-11-6-8-13-34(30)44-2/h5-8,10-17,20-21,31,36-38,41H,4,9,18-19,22-26H2,1-3H3,(H,42,43). The number of carboxylic acid groups (broad SMARTS) is 1. The van der Waals surface area contributed by atoms with Gasteiger partial charge in [-0.2, -0.15) is 0 Å². The zero-order chi connectivity index (χ0) is 34.6. The fourth-order valence-electron chi connectivity index (χ4n) is 6.16. The van der Waals surface area contributed by atoms with E-state index in [1.54, 1.807) is 14.2 Å². The second-order valence-corrected chi connectivity index (χ2v) is 12.2. The van der Waals surface area contributed by atoms with Crippen molar-refractivity contribution in [1.82, 2.24) is 4.90 Å². The number of aliphatic hydroxyl groups excluding tert-OH is 1. The van der Waals surface area contributed by atoms with Crippen LogP contribution in [0.4, 0.5) is 4.79 Å². The van der Waals surface area contributed by atoms with Crippen molar-refractivity contribution in [3.63, 3.8) is 0 Å². The molecule has 262 valence electrons. The number of hydrogen-bond donors (Lipinski definition) is 2. The van der Waals surface area contributed by atoms with E-state index in [2.05, 4.69) is 6.07 Å². The lowest BCUT2D eigenvalue weighted by molar-refractivity contribution is -0.102. The smallest absolute Gasteiger partial charge is 0.407 e. The Hall–Kier alpha value is -4.35. The van der Waals surface area contributed by atoms with Gasteiger partial charge in [0, 0.05) is 23.3 Å². The van der Waals surface area contributed by atoms with Crippen LogP contribution in [-0.4, -0.2) is 86.6 Å². The van der Waals surface area contributed by atoms with E-state index in [0.717, 1.165) is 51.1 Å². The summed E-state index contributed by atoms with van der Waals surface area (Å²) in [4.78, 5) is 13.5. The summed E-state index contributed by atoms with van der Waals surface area (Å²) in [6.45, 7) is 4.06. The number of benzene rings is 4. The van der Waals surface area contributed by atoms with Gasteiger partial charge in [-0.1, -0.05) is 61.5 Å². The molecule has 1 amide bonds. The topological polar surface area (TPSA) is 116 Å². The highest BCUT2D eigenvalue weighted by Crippen LogP contribution is 2.35. The number of fused-ring (bicyclic) bond motifs is 1. The number of ether oxygens (including phenoxy) is 6. The van der Waals surface area contributed by atoms with Gasteiger partial charge < -0.3 is 43.5 Å². The maximum Gasteiger partial charge on any atom is 0.407 e. The highest BCUT2D eigenvalue weighted by Gasteiger charge is 2.41. The minimum absolute atomic E-state index is 0.0973. The summed E-state index contributed by atoms with van der Waals surface area (Å²) >= 11 is 0. The lowest BCUT2D eigenvalue weighted by Crippen LogP contribution is -2.54. The van der Waals surface area contributed by atoms with Crippen LogP contribution in [0, 0.1) is 0 Å². The minimum Gasteiger partial charge on any atom is -0.496 e.